The summed E-state index contributed by atoms with van der Waals surface area (Å²) in [5.41, 5.74) is 1.04. The molecule has 0 atom stereocenters. The average Bonchev–Trinajstić information content (AvgIpc) is 3.05. The highest BCUT2D eigenvalue weighted by Crippen LogP contribution is 2.20. The molecule has 7 nitrogen and oxygen atoms in total. The van der Waals surface area contributed by atoms with Gasteiger partial charge in [-0.25, -0.2) is 9.48 Å². The van der Waals surface area contributed by atoms with E-state index in [1.54, 1.807) is 34.2 Å². The molecule has 0 aliphatic heterocycles. The summed E-state index contributed by atoms with van der Waals surface area (Å²) < 4.78 is 9.28. The van der Waals surface area contributed by atoms with Crippen LogP contribution in [0.5, 0.6) is 5.75 Å². The van der Waals surface area contributed by atoms with Crippen LogP contribution >= 0.6 is 0 Å². The molecule has 0 aliphatic rings. The van der Waals surface area contributed by atoms with E-state index in [9.17, 15) is 9.59 Å². The van der Waals surface area contributed by atoms with E-state index in [0.29, 0.717) is 16.7 Å². The lowest BCUT2D eigenvalue weighted by atomic mass is 10.2. The number of fused-ring (bicyclic) bond motifs is 1. The number of rotatable bonds is 4. The Bertz CT molecular complexity index is 1070. The van der Waals surface area contributed by atoms with Crippen molar-refractivity contribution >= 4 is 16.7 Å². The fourth-order valence-electron chi connectivity index (χ4n) is 2.74. The molecule has 25 heavy (non-hydrogen) atoms. The number of hydrogen-bond donors (Lipinski definition) is 0. The van der Waals surface area contributed by atoms with Gasteiger partial charge in [-0.2, -0.15) is 0 Å². The SMILES string of the molecule is C=C(c1ccc(OC)cc1)n1cc2c(=O)n(C(C)C)c(=O)n(C)c2n1. The first-order valence-corrected chi connectivity index (χ1v) is 7.89. The summed E-state index contributed by atoms with van der Waals surface area (Å²) >= 11 is 0. The Kier molecular flexibility index (Phi) is 4.08. The molecule has 0 amide bonds. The van der Waals surface area contributed by atoms with Gasteiger partial charge in [0.2, 0.25) is 0 Å². The lowest BCUT2D eigenvalue weighted by Crippen LogP contribution is -2.39. The Morgan fingerprint density at radius 1 is 1.20 bits per heavy atom. The van der Waals surface area contributed by atoms with Crippen LogP contribution in [0.25, 0.3) is 16.7 Å². The third-order valence-electron chi connectivity index (χ3n) is 4.17. The average molecular weight is 340 g/mol. The zero-order chi connectivity index (χ0) is 18.3. The Morgan fingerprint density at radius 2 is 1.84 bits per heavy atom. The van der Waals surface area contributed by atoms with E-state index in [0.717, 1.165) is 11.3 Å². The van der Waals surface area contributed by atoms with Crippen molar-refractivity contribution < 1.29 is 4.74 Å². The predicted octanol–water partition coefficient (Wildman–Crippen LogP) is 2.01. The molecule has 0 aliphatic carbocycles. The molecule has 3 aromatic rings. The zero-order valence-electron chi connectivity index (χ0n) is 14.7. The van der Waals surface area contributed by atoms with Gasteiger partial charge in [0.05, 0.1) is 12.8 Å². The predicted molar refractivity (Wildman–Crippen MR) is 97.0 cm³/mol. The van der Waals surface area contributed by atoms with Gasteiger partial charge in [0.25, 0.3) is 5.56 Å². The van der Waals surface area contributed by atoms with Gasteiger partial charge in [-0.1, -0.05) is 6.58 Å². The van der Waals surface area contributed by atoms with Crippen molar-refractivity contribution in [1.82, 2.24) is 18.9 Å². The van der Waals surface area contributed by atoms with Crippen LogP contribution in [0.4, 0.5) is 0 Å². The maximum Gasteiger partial charge on any atom is 0.332 e. The molecule has 0 fully saturated rings. The van der Waals surface area contributed by atoms with Crippen molar-refractivity contribution in [2.75, 3.05) is 7.11 Å². The minimum atomic E-state index is -0.382. The molecule has 0 saturated heterocycles. The minimum absolute atomic E-state index is 0.233. The van der Waals surface area contributed by atoms with Gasteiger partial charge in [-0.15, -0.1) is 5.10 Å². The Balaban J connectivity index is 2.17. The van der Waals surface area contributed by atoms with E-state index in [2.05, 4.69) is 11.7 Å². The minimum Gasteiger partial charge on any atom is -0.497 e. The molecule has 0 radical (unpaired) electrons. The van der Waals surface area contributed by atoms with E-state index < -0.39 is 0 Å². The number of hydrogen-bond acceptors (Lipinski definition) is 4. The molecule has 0 spiro atoms. The summed E-state index contributed by atoms with van der Waals surface area (Å²) in [5, 5.41) is 4.77. The number of nitrogens with zero attached hydrogens (tertiary/aromatic N) is 4. The molecule has 130 valence electrons. The van der Waals surface area contributed by atoms with Crippen LogP contribution in [0.1, 0.15) is 25.5 Å². The van der Waals surface area contributed by atoms with Gasteiger partial charge in [0.1, 0.15) is 11.1 Å². The van der Waals surface area contributed by atoms with Crippen molar-refractivity contribution in [3.05, 3.63) is 63.4 Å². The molecule has 0 saturated carbocycles. The van der Waals surface area contributed by atoms with Gasteiger partial charge in [-0.05, 0) is 43.7 Å². The largest absolute Gasteiger partial charge is 0.497 e. The van der Waals surface area contributed by atoms with Gasteiger partial charge in [-0.3, -0.25) is 13.9 Å². The Morgan fingerprint density at radius 3 is 2.40 bits per heavy atom. The zero-order valence-corrected chi connectivity index (χ0v) is 14.7. The van der Waals surface area contributed by atoms with Crippen molar-refractivity contribution in [2.24, 2.45) is 7.05 Å². The van der Waals surface area contributed by atoms with Crippen LogP contribution < -0.4 is 16.0 Å². The molecule has 0 unspecified atom stereocenters. The first kappa shape index (κ1) is 16.8. The first-order chi connectivity index (χ1) is 11.8. The summed E-state index contributed by atoms with van der Waals surface area (Å²) in [4.78, 5) is 25.1. The Labute approximate surface area is 144 Å². The van der Waals surface area contributed by atoms with Crippen LogP contribution in [0.15, 0.2) is 46.6 Å². The van der Waals surface area contributed by atoms with Gasteiger partial charge >= 0.3 is 5.69 Å². The smallest absolute Gasteiger partial charge is 0.332 e. The highest BCUT2D eigenvalue weighted by molar-refractivity contribution is 5.76. The van der Waals surface area contributed by atoms with E-state index in [1.807, 2.05) is 24.3 Å². The lowest BCUT2D eigenvalue weighted by Gasteiger charge is -2.10. The van der Waals surface area contributed by atoms with Gasteiger partial charge < -0.3 is 4.74 Å². The monoisotopic (exact) mass is 340 g/mol. The van der Waals surface area contributed by atoms with E-state index in [-0.39, 0.29) is 17.3 Å². The summed E-state index contributed by atoms with van der Waals surface area (Å²) in [7, 11) is 3.21. The topological polar surface area (TPSA) is 71.0 Å². The van der Waals surface area contributed by atoms with Gasteiger partial charge in [0.15, 0.2) is 5.65 Å². The summed E-state index contributed by atoms with van der Waals surface area (Å²) in [6, 6.07) is 7.14. The number of aryl methyl sites for hydroxylation is 1. The van der Waals surface area contributed by atoms with Crippen LogP contribution in [0.2, 0.25) is 0 Å². The molecule has 0 N–H and O–H groups in total. The molecule has 7 heteroatoms. The molecule has 2 aromatic heterocycles. The quantitative estimate of drug-likeness (QED) is 0.728. The molecule has 1 aromatic carbocycles. The number of methoxy groups -OCH3 is 1. The fraction of sp³-hybridized carbons (Fsp3) is 0.278. The second-order valence-corrected chi connectivity index (χ2v) is 6.10. The normalized spacial score (nSPS) is 11.2. The van der Waals surface area contributed by atoms with Crippen LogP contribution in [-0.2, 0) is 7.05 Å². The van der Waals surface area contributed by atoms with E-state index in [4.69, 9.17) is 4.74 Å². The maximum absolute atomic E-state index is 12.6. The fourth-order valence-corrected chi connectivity index (χ4v) is 2.74. The Hall–Kier alpha value is -3.09. The number of aromatic nitrogens is 4. The highest BCUT2D eigenvalue weighted by atomic mass is 16.5. The third kappa shape index (κ3) is 2.67. The molecule has 2 heterocycles. The molecular weight excluding hydrogens is 320 g/mol. The van der Waals surface area contributed by atoms with Crippen LogP contribution in [0.3, 0.4) is 0 Å². The van der Waals surface area contributed by atoms with Crippen molar-refractivity contribution in [3.63, 3.8) is 0 Å². The summed E-state index contributed by atoms with van der Waals surface area (Å²) in [5.74, 6) is 0.740. The number of ether oxygens (including phenoxy) is 1. The van der Waals surface area contributed by atoms with Crippen molar-refractivity contribution in [3.8, 4) is 5.75 Å². The summed E-state index contributed by atoms with van der Waals surface area (Å²) in [6.07, 6.45) is 1.61. The van der Waals surface area contributed by atoms with Gasteiger partial charge in [0, 0.05) is 19.3 Å². The standard InChI is InChI=1S/C18H20N4O3/c1-11(2)22-17(23)15-10-21(19-16(15)20(4)18(22)24)12(3)13-6-8-14(25-5)9-7-13/h6-11H,3H2,1-2,4-5H3. The third-order valence-corrected chi connectivity index (χ3v) is 4.17. The second kappa shape index (κ2) is 6.08. The van der Waals surface area contributed by atoms with Crippen LogP contribution in [-0.4, -0.2) is 26.0 Å². The lowest BCUT2D eigenvalue weighted by molar-refractivity contribution is 0.415. The highest BCUT2D eigenvalue weighted by Gasteiger charge is 2.17. The second-order valence-electron chi connectivity index (χ2n) is 6.10. The van der Waals surface area contributed by atoms with E-state index in [1.165, 1.54) is 13.8 Å². The molecule has 3 rings (SSSR count). The maximum atomic E-state index is 12.6. The van der Waals surface area contributed by atoms with Crippen molar-refractivity contribution in [1.29, 1.82) is 0 Å². The number of benzene rings is 1. The molecule has 0 bridgehead atoms. The first-order valence-electron chi connectivity index (χ1n) is 7.89. The summed E-state index contributed by atoms with van der Waals surface area (Å²) in [6.45, 7) is 7.65. The molecular formula is C18H20N4O3. The van der Waals surface area contributed by atoms with E-state index >= 15 is 0 Å². The van der Waals surface area contributed by atoms with Crippen molar-refractivity contribution in [2.45, 2.75) is 19.9 Å². The van der Waals surface area contributed by atoms with Crippen LogP contribution in [0, 0.1) is 0 Å².